The first-order valence-corrected chi connectivity index (χ1v) is 7.40. The van der Waals surface area contributed by atoms with Crippen LogP contribution in [0.3, 0.4) is 0 Å². The molecule has 0 aliphatic carbocycles. The average Bonchev–Trinajstić information content (AvgIpc) is 2.58. The molecule has 2 aromatic rings. The summed E-state index contributed by atoms with van der Waals surface area (Å²) in [5, 5.41) is 3.37. The van der Waals surface area contributed by atoms with Gasteiger partial charge in [-0.3, -0.25) is 4.79 Å². The third kappa shape index (κ3) is 5.07. The van der Waals surface area contributed by atoms with Gasteiger partial charge < -0.3 is 19.5 Å². The molecule has 0 saturated heterocycles. The van der Waals surface area contributed by atoms with Gasteiger partial charge in [-0.2, -0.15) is 0 Å². The smallest absolute Gasteiger partial charge is 0.251 e. The highest BCUT2D eigenvalue weighted by Gasteiger charge is 2.06. The maximum atomic E-state index is 11.9. The topological polar surface area (TPSA) is 56.8 Å². The van der Waals surface area contributed by atoms with Gasteiger partial charge in [0, 0.05) is 28.8 Å². The van der Waals surface area contributed by atoms with Gasteiger partial charge in [-0.15, -0.1) is 0 Å². The van der Waals surface area contributed by atoms with Crippen molar-refractivity contribution in [2.75, 3.05) is 27.4 Å². The molecule has 0 radical (unpaired) electrons. The van der Waals surface area contributed by atoms with Gasteiger partial charge in [0.25, 0.3) is 5.91 Å². The summed E-state index contributed by atoms with van der Waals surface area (Å²) in [5.41, 5.74) is 0.553. The van der Waals surface area contributed by atoms with Crippen LogP contribution in [0.1, 0.15) is 10.4 Å². The van der Waals surface area contributed by atoms with Crippen molar-refractivity contribution < 1.29 is 19.0 Å². The van der Waals surface area contributed by atoms with E-state index in [2.05, 4.69) is 5.32 Å². The van der Waals surface area contributed by atoms with Crippen LogP contribution >= 0.6 is 11.6 Å². The number of carbonyl (C=O) groups excluding carboxylic acids is 1. The Kier molecular flexibility index (Phi) is 6.11. The highest BCUT2D eigenvalue weighted by Crippen LogP contribution is 2.27. The molecule has 0 spiro atoms. The third-order valence-electron chi connectivity index (χ3n) is 3.09. The Balaban J connectivity index is 1.83. The summed E-state index contributed by atoms with van der Waals surface area (Å²) in [6.07, 6.45) is 0. The van der Waals surface area contributed by atoms with Crippen molar-refractivity contribution in [1.82, 2.24) is 5.32 Å². The van der Waals surface area contributed by atoms with Gasteiger partial charge >= 0.3 is 0 Å². The van der Waals surface area contributed by atoms with E-state index >= 15 is 0 Å². The van der Waals surface area contributed by atoms with E-state index in [9.17, 15) is 4.79 Å². The van der Waals surface area contributed by atoms with Crippen LogP contribution < -0.4 is 19.5 Å². The van der Waals surface area contributed by atoms with Crippen molar-refractivity contribution >= 4 is 17.5 Å². The zero-order valence-electron chi connectivity index (χ0n) is 13.0. The van der Waals surface area contributed by atoms with Gasteiger partial charge in [-0.05, 0) is 24.3 Å². The number of methoxy groups -OCH3 is 2. The van der Waals surface area contributed by atoms with E-state index in [0.29, 0.717) is 41.0 Å². The molecule has 0 bridgehead atoms. The first-order valence-electron chi connectivity index (χ1n) is 7.02. The lowest BCUT2D eigenvalue weighted by Crippen LogP contribution is -2.28. The Bertz CT molecular complexity index is 636. The van der Waals surface area contributed by atoms with Crippen molar-refractivity contribution in [2.45, 2.75) is 0 Å². The molecule has 2 aromatic carbocycles. The number of carbonyl (C=O) groups is 1. The second kappa shape index (κ2) is 8.29. The number of hydrogen-bond donors (Lipinski definition) is 1. The molecule has 0 aliphatic rings. The second-order valence-electron chi connectivity index (χ2n) is 4.66. The highest BCUT2D eigenvalue weighted by atomic mass is 35.5. The molecule has 0 fully saturated rings. The molecule has 5 nitrogen and oxygen atoms in total. The van der Waals surface area contributed by atoms with Crippen LogP contribution in [0.15, 0.2) is 42.5 Å². The monoisotopic (exact) mass is 335 g/mol. The maximum absolute atomic E-state index is 11.9. The van der Waals surface area contributed by atoms with E-state index in [1.54, 1.807) is 56.7 Å². The lowest BCUT2D eigenvalue weighted by molar-refractivity contribution is 0.0947. The number of hydrogen-bond acceptors (Lipinski definition) is 4. The molecule has 0 aliphatic heterocycles. The molecular weight excluding hydrogens is 318 g/mol. The lowest BCUT2D eigenvalue weighted by Gasteiger charge is -2.11. The number of ether oxygens (including phenoxy) is 3. The molecular formula is C17H18ClNO4. The minimum Gasteiger partial charge on any atom is -0.496 e. The van der Waals surface area contributed by atoms with E-state index in [1.807, 2.05) is 0 Å². The summed E-state index contributed by atoms with van der Waals surface area (Å²) in [5.74, 6) is 1.73. The minimum absolute atomic E-state index is 0.173. The molecule has 1 amide bonds. The molecule has 0 saturated carbocycles. The fourth-order valence-corrected chi connectivity index (χ4v) is 2.03. The largest absolute Gasteiger partial charge is 0.496 e. The van der Waals surface area contributed by atoms with Gasteiger partial charge in [-0.25, -0.2) is 0 Å². The molecule has 122 valence electrons. The van der Waals surface area contributed by atoms with Gasteiger partial charge in [0.2, 0.25) is 0 Å². The molecule has 0 atom stereocenters. The fourth-order valence-electron chi connectivity index (χ4n) is 1.90. The fraction of sp³-hybridized carbons (Fsp3) is 0.235. The number of amides is 1. The maximum Gasteiger partial charge on any atom is 0.251 e. The van der Waals surface area contributed by atoms with Gasteiger partial charge in [0.05, 0.1) is 20.8 Å². The molecule has 2 rings (SSSR count). The Hall–Kier alpha value is -2.40. The van der Waals surface area contributed by atoms with E-state index in [4.69, 9.17) is 25.8 Å². The van der Waals surface area contributed by atoms with Crippen molar-refractivity contribution in [1.29, 1.82) is 0 Å². The van der Waals surface area contributed by atoms with Crippen molar-refractivity contribution in [3.8, 4) is 17.2 Å². The van der Waals surface area contributed by atoms with Crippen LogP contribution in [0, 0.1) is 0 Å². The molecule has 0 aromatic heterocycles. The number of halogens is 1. The number of rotatable bonds is 7. The predicted molar refractivity (Wildman–Crippen MR) is 88.8 cm³/mol. The summed E-state index contributed by atoms with van der Waals surface area (Å²) >= 11 is 5.79. The standard InChI is InChI=1S/C17H18ClNO4/c1-21-14-9-15(22-2)11-16(10-14)23-8-7-19-17(20)12-3-5-13(18)6-4-12/h3-6,9-11H,7-8H2,1-2H3,(H,19,20). The van der Waals surface area contributed by atoms with Gasteiger partial charge in [-0.1, -0.05) is 11.6 Å². The van der Waals surface area contributed by atoms with E-state index in [-0.39, 0.29) is 5.91 Å². The van der Waals surface area contributed by atoms with Crippen LogP contribution in [0.4, 0.5) is 0 Å². The second-order valence-corrected chi connectivity index (χ2v) is 5.10. The quantitative estimate of drug-likeness (QED) is 0.790. The third-order valence-corrected chi connectivity index (χ3v) is 3.34. The molecule has 0 unspecified atom stereocenters. The SMILES string of the molecule is COc1cc(OC)cc(OCCNC(=O)c2ccc(Cl)cc2)c1. The Morgan fingerprint density at radius 2 is 1.57 bits per heavy atom. The Labute approximate surface area is 140 Å². The summed E-state index contributed by atoms with van der Waals surface area (Å²) in [6, 6.07) is 12.0. The van der Waals surface area contributed by atoms with Crippen molar-refractivity contribution in [2.24, 2.45) is 0 Å². The number of nitrogens with one attached hydrogen (secondary N) is 1. The average molecular weight is 336 g/mol. The van der Waals surface area contributed by atoms with Crippen LogP contribution in [0.5, 0.6) is 17.2 Å². The summed E-state index contributed by atoms with van der Waals surface area (Å²) < 4.78 is 15.9. The summed E-state index contributed by atoms with van der Waals surface area (Å²) in [4.78, 5) is 11.9. The Morgan fingerprint density at radius 3 is 2.13 bits per heavy atom. The normalized spacial score (nSPS) is 10.0. The van der Waals surface area contributed by atoms with Gasteiger partial charge in [0.1, 0.15) is 23.9 Å². The summed E-state index contributed by atoms with van der Waals surface area (Å²) in [7, 11) is 3.15. The van der Waals surface area contributed by atoms with Crippen LogP contribution in [-0.4, -0.2) is 33.3 Å². The molecule has 23 heavy (non-hydrogen) atoms. The van der Waals surface area contributed by atoms with Crippen molar-refractivity contribution in [3.63, 3.8) is 0 Å². The van der Waals surface area contributed by atoms with E-state index in [0.717, 1.165) is 0 Å². The zero-order chi connectivity index (χ0) is 16.7. The minimum atomic E-state index is -0.173. The van der Waals surface area contributed by atoms with E-state index in [1.165, 1.54) is 0 Å². The first-order chi connectivity index (χ1) is 11.1. The molecule has 0 heterocycles. The first kappa shape index (κ1) is 17.0. The number of benzene rings is 2. The van der Waals surface area contributed by atoms with Crippen LogP contribution in [0.25, 0.3) is 0 Å². The lowest BCUT2D eigenvalue weighted by atomic mass is 10.2. The van der Waals surface area contributed by atoms with Crippen LogP contribution in [-0.2, 0) is 0 Å². The molecule has 6 heteroatoms. The van der Waals surface area contributed by atoms with Crippen molar-refractivity contribution in [3.05, 3.63) is 53.1 Å². The summed E-state index contributed by atoms with van der Waals surface area (Å²) in [6.45, 7) is 0.705. The molecule has 1 N–H and O–H groups in total. The highest BCUT2D eigenvalue weighted by molar-refractivity contribution is 6.30. The van der Waals surface area contributed by atoms with Crippen LogP contribution in [0.2, 0.25) is 5.02 Å². The zero-order valence-corrected chi connectivity index (χ0v) is 13.7. The Morgan fingerprint density at radius 1 is 1.00 bits per heavy atom. The van der Waals surface area contributed by atoms with Gasteiger partial charge in [0.15, 0.2) is 0 Å². The van der Waals surface area contributed by atoms with E-state index < -0.39 is 0 Å². The predicted octanol–water partition coefficient (Wildman–Crippen LogP) is 3.17.